The molecule has 0 aromatic carbocycles. The highest BCUT2D eigenvalue weighted by Gasteiger charge is 2.25. The lowest BCUT2D eigenvalue weighted by Crippen LogP contribution is -2.40. The van der Waals surface area contributed by atoms with Crippen molar-refractivity contribution in [3.8, 4) is 0 Å². The summed E-state index contributed by atoms with van der Waals surface area (Å²) in [6.07, 6.45) is 2.11. The maximum absolute atomic E-state index is 10.7. The van der Waals surface area contributed by atoms with Gasteiger partial charge in [-0.25, -0.2) is 4.98 Å². The molecule has 1 aromatic rings. The molecule has 0 N–H and O–H groups in total. The van der Waals surface area contributed by atoms with E-state index in [-0.39, 0.29) is 0 Å². The summed E-state index contributed by atoms with van der Waals surface area (Å²) in [5.74, 6) is 0. The summed E-state index contributed by atoms with van der Waals surface area (Å²) >= 11 is 12.0. The van der Waals surface area contributed by atoms with E-state index in [1.54, 1.807) is 0 Å². The van der Waals surface area contributed by atoms with E-state index in [0.717, 1.165) is 5.19 Å². The minimum Gasteiger partial charge on any atom is -0.298 e. The van der Waals surface area contributed by atoms with Crippen LogP contribution >= 0.6 is 23.2 Å². The Kier molecular flexibility index (Phi) is 3.34. The van der Waals surface area contributed by atoms with E-state index in [1.807, 2.05) is 0 Å². The largest absolute Gasteiger partial charge is 0.298 e. The molecule has 14 heavy (non-hydrogen) atoms. The predicted octanol–water partition coefficient (Wildman–Crippen LogP) is 2.75. The van der Waals surface area contributed by atoms with Crippen molar-refractivity contribution in [2.45, 2.75) is 19.6 Å². The fraction of sp³-hybridized carbons (Fsp3) is 0.333. The highest BCUT2D eigenvalue weighted by atomic mass is 35.5. The molecule has 0 spiro atoms. The number of carbonyl (C=O) groups is 1. The summed E-state index contributed by atoms with van der Waals surface area (Å²) in [7, 11) is -1.66. The Labute approximate surface area is 94.3 Å². The Hall–Kier alpha value is -0.383. The highest BCUT2D eigenvalue weighted by Crippen LogP contribution is 2.20. The first-order valence-corrected chi connectivity index (χ1v) is 8.43. The quantitative estimate of drug-likeness (QED) is 0.457. The SMILES string of the molecule is C[Si](C)(C)c1c(Cl)ncc(C=O)c1Cl. The van der Waals surface area contributed by atoms with E-state index in [0.29, 0.717) is 22.0 Å². The monoisotopic (exact) mass is 247 g/mol. The number of halogens is 2. The second kappa shape index (κ2) is 4.01. The van der Waals surface area contributed by atoms with Gasteiger partial charge in [-0.2, -0.15) is 0 Å². The van der Waals surface area contributed by atoms with Crippen LogP contribution < -0.4 is 5.19 Å². The number of aldehydes is 1. The van der Waals surface area contributed by atoms with Crippen LogP contribution in [0.3, 0.4) is 0 Å². The van der Waals surface area contributed by atoms with Gasteiger partial charge < -0.3 is 0 Å². The van der Waals surface area contributed by atoms with Gasteiger partial charge in [0, 0.05) is 6.20 Å². The van der Waals surface area contributed by atoms with E-state index in [9.17, 15) is 4.79 Å². The number of carbonyl (C=O) groups excluding carboxylic acids is 1. The average Bonchev–Trinajstić information content (AvgIpc) is 2.02. The van der Waals surface area contributed by atoms with Gasteiger partial charge in [-0.15, -0.1) is 0 Å². The second-order valence-electron chi connectivity index (χ2n) is 4.06. The third kappa shape index (κ3) is 2.16. The Morgan fingerprint density at radius 2 is 1.93 bits per heavy atom. The van der Waals surface area contributed by atoms with Crippen molar-refractivity contribution in [3.05, 3.63) is 21.9 Å². The lowest BCUT2D eigenvalue weighted by molar-refractivity contribution is 0.112. The van der Waals surface area contributed by atoms with Crippen molar-refractivity contribution in [1.82, 2.24) is 4.98 Å². The first kappa shape index (κ1) is 11.7. The highest BCUT2D eigenvalue weighted by molar-refractivity contribution is 6.91. The molecule has 0 bridgehead atoms. The van der Waals surface area contributed by atoms with E-state index < -0.39 is 8.07 Å². The van der Waals surface area contributed by atoms with E-state index in [1.165, 1.54) is 6.20 Å². The molecule has 0 radical (unpaired) electrons. The Morgan fingerprint density at radius 3 is 2.36 bits per heavy atom. The van der Waals surface area contributed by atoms with Crippen molar-refractivity contribution < 1.29 is 4.79 Å². The fourth-order valence-corrected chi connectivity index (χ4v) is 4.76. The molecule has 0 aliphatic carbocycles. The molecule has 1 rings (SSSR count). The van der Waals surface area contributed by atoms with Crippen LogP contribution in [0.1, 0.15) is 10.4 Å². The van der Waals surface area contributed by atoms with Gasteiger partial charge in [-0.05, 0) is 5.19 Å². The van der Waals surface area contributed by atoms with Gasteiger partial charge in [-0.1, -0.05) is 42.8 Å². The van der Waals surface area contributed by atoms with Gasteiger partial charge in [0.05, 0.1) is 18.7 Å². The smallest absolute Gasteiger partial charge is 0.153 e. The fourth-order valence-electron chi connectivity index (χ4n) is 1.20. The second-order valence-corrected chi connectivity index (χ2v) is 9.80. The maximum atomic E-state index is 10.7. The zero-order valence-electron chi connectivity index (χ0n) is 8.27. The average molecular weight is 248 g/mol. The topological polar surface area (TPSA) is 30.0 Å². The Balaban J connectivity index is 3.48. The molecule has 76 valence electrons. The molecule has 0 atom stereocenters. The molecule has 0 amide bonds. The normalized spacial score (nSPS) is 11.5. The van der Waals surface area contributed by atoms with Gasteiger partial charge >= 0.3 is 0 Å². The predicted molar refractivity (Wildman–Crippen MR) is 62.6 cm³/mol. The number of pyridine rings is 1. The summed E-state index contributed by atoms with van der Waals surface area (Å²) in [4.78, 5) is 14.6. The van der Waals surface area contributed by atoms with Crippen LogP contribution in [-0.2, 0) is 0 Å². The third-order valence-electron chi connectivity index (χ3n) is 1.87. The van der Waals surface area contributed by atoms with E-state index in [4.69, 9.17) is 23.2 Å². The zero-order chi connectivity index (χ0) is 10.9. The van der Waals surface area contributed by atoms with Crippen LogP contribution in [0.4, 0.5) is 0 Å². The van der Waals surface area contributed by atoms with Gasteiger partial charge in [0.15, 0.2) is 6.29 Å². The summed E-state index contributed by atoms with van der Waals surface area (Å²) in [6.45, 7) is 6.32. The standard InChI is InChI=1S/C9H11Cl2NOSi/c1-14(2,3)8-7(10)6(5-13)4-12-9(8)11/h4-5H,1-3H3. The third-order valence-corrected chi connectivity index (χ3v) is 4.87. The first-order chi connectivity index (χ1) is 6.38. The lowest BCUT2D eigenvalue weighted by Gasteiger charge is -2.19. The Morgan fingerprint density at radius 1 is 1.36 bits per heavy atom. The van der Waals surface area contributed by atoms with Crippen LogP contribution in [0, 0.1) is 0 Å². The molecule has 0 aliphatic heterocycles. The summed E-state index contributed by atoms with van der Waals surface area (Å²) < 4.78 is 0. The van der Waals surface area contributed by atoms with Gasteiger partial charge in [-0.3, -0.25) is 4.79 Å². The van der Waals surface area contributed by atoms with E-state index >= 15 is 0 Å². The van der Waals surface area contributed by atoms with Crippen molar-refractivity contribution in [1.29, 1.82) is 0 Å². The Bertz CT molecular complexity index is 374. The molecule has 0 fully saturated rings. The minimum atomic E-state index is -1.66. The van der Waals surface area contributed by atoms with Gasteiger partial charge in [0.1, 0.15) is 5.15 Å². The van der Waals surface area contributed by atoms with Gasteiger partial charge in [0.25, 0.3) is 0 Å². The van der Waals surface area contributed by atoms with Crippen molar-refractivity contribution in [2.24, 2.45) is 0 Å². The maximum Gasteiger partial charge on any atom is 0.153 e. The van der Waals surface area contributed by atoms with Crippen LogP contribution in [0.2, 0.25) is 29.8 Å². The number of aromatic nitrogens is 1. The molecule has 1 heterocycles. The zero-order valence-corrected chi connectivity index (χ0v) is 10.8. The number of nitrogens with zero attached hydrogens (tertiary/aromatic N) is 1. The van der Waals surface area contributed by atoms with Crippen LogP contribution in [0.25, 0.3) is 0 Å². The first-order valence-electron chi connectivity index (χ1n) is 4.17. The van der Waals surface area contributed by atoms with Crippen molar-refractivity contribution in [2.75, 3.05) is 0 Å². The molecule has 0 saturated carbocycles. The summed E-state index contributed by atoms with van der Waals surface area (Å²) in [5.41, 5.74) is 0.411. The van der Waals surface area contributed by atoms with Gasteiger partial charge in [0.2, 0.25) is 0 Å². The van der Waals surface area contributed by atoms with Crippen molar-refractivity contribution >= 4 is 42.7 Å². The van der Waals surface area contributed by atoms with Crippen molar-refractivity contribution in [3.63, 3.8) is 0 Å². The van der Waals surface area contributed by atoms with Crippen LogP contribution in [-0.4, -0.2) is 19.3 Å². The molecule has 1 aromatic heterocycles. The lowest BCUT2D eigenvalue weighted by atomic mass is 10.3. The summed E-state index contributed by atoms with van der Waals surface area (Å²) in [5, 5.41) is 1.73. The molecule has 2 nitrogen and oxygen atoms in total. The van der Waals surface area contributed by atoms with E-state index in [2.05, 4.69) is 24.6 Å². The summed E-state index contributed by atoms with van der Waals surface area (Å²) in [6, 6.07) is 0. The molecule has 0 saturated heterocycles. The number of rotatable bonds is 2. The molecular formula is C9H11Cl2NOSi. The number of hydrogen-bond donors (Lipinski definition) is 0. The van der Waals surface area contributed by atoms with Crippen LogP contribution in [0.5, 0.6) is 0 Å². The molecule has 0 unspecified atom stereocenters. The van der Waals surface area contributed by atoms with Crippen LogP contribution in [0.15, 0.2) is 6.20 Å². The molecule has 0 aliphatic rings. The molecular weight excluding hydrogens is 237 g/mol. The molecule has 5 heteroatoms. The minimum absolute atomic E-state index is 0.411. The number of hydrogen-bond acceptors (Lipinski definition) is 2.